The third-order valence-electron chi connectivity index (χ3n) is 7.36. The van der Waals surface area contributed by atoms with E-state index in [1.165, 1.54) is 7.11 Å². The Labute approximate surface area is 216 Å². The number of carbonyl (C=O) groups excluding carboxylic acids is 2. The highest BCUT2D eigenvalue weighted by Gasteiger charge is 2.35. The van der Waals surface area contributed by atoms with Crippen LogP contribution >= 0.6 is 11.6 Å². The zero-order valence-electron chi connectivity index (χ0n) is 20.9. The number of rotatable bonds is 7. The van der Waals surface area contributed by atoms with Crippen molar-refractivity contribution in [3.63, 3.8) is 0 Å². The molecule has 0 atom stereocenters. The number of hydrogen-bond donors (Lipinski definition) is 2. The van der Waals surface area contributed by atoms with E-state index in [2.05, 4.69) is 0 Å². The van der Waals surface area contributed by atoms with Gasteiger partial charge in [-0.05, 0) is 62.8 Å². The van der Waals surface area contributed by atoms with E-state index in [0.717, 1.165) is 16.7 Å². The summed E-state index contributed by atoms with van der Waals surface area (Å²) in [6, 6.07) is 7.22. The van der Waals surface area contributed by atoms with Crippen LogP contribution in [0.5, 0.6) is 11.5 Å². The smallest absolute Gasteiger partial charge is 0.342 e. The second kappa shape index (κ2) is 10.5. The van der Waals surface area contributed by atoms with Gasteiger partial charge in [0, 0.05) is 35.7 Å². The lowest BCUT2D eigenvalue weighted by Crippen LogP contribution is -2.45. The first kappa shape index (κ1) is 26.0. The maximum Gasteiger partial charge on any atom is 0.342 e. The number of likely N-dealkylation sites (tertiary alicyclic amines) is 1. The number of halogens is 1. The predicted molar refractivity (Wildman–Crippen MR) is 136 cm³/mol. The molecule has 0 aliphatic carbocycles. The molecule has 2 aliphatic heterocycles. The summed E-state index contributed by atoms with van der Waals surface area (Å²) in [5.74, 6) is -0.0227. The van der Waals surface area contributed by atoms with Gasteiger partial charge in [-0.1, -0.05) is 35.4 Å². The standard InChI is InChI=1S/C28H32ClNO6/c1-17(4-10-21-25(32)24-22(16-36-27(24)33)18(2)26(21)35-3)5-11-23(31)30-14-12-28(34,13-15-30)19-6-8-20(29)9-7-19/h4,6-9,32,34H,5,10-16H2,1-3H3. The minimum atomic E-state index is -0.946. The van der Waals surface area contributed by atoms with Crippen LogP contribution in [-0.2, 0) is 28.2 Å². The van der Waals surface area contributed by atoms with Gasteiger partial charge in [0.15, 0.2) is 0 Å². The SMILES string of the molecule is COc1c(C)c2c(c(O)c1CC=C(C)CCC(=O)N1CCC(O)(c3ccc(Cl)cc3)CC1)C(=O)OC2. The van der Waals surface area contributed by atoms with Gasteiger partial charge in [-0.2, -0.15) is 0 Å². The van der Waals surface area contributed by atoms with Gasteiger partial charge >= 0.3 is 5.97 Å². The van der Waals surface area contributed by atoms with Crippen molar-refractivity contribution in [2.75, 3.05) is 20.2 Å². The number of ether oxygens (including phenoxy) is 2. The van der Waals surface area contributed by atoms with Crippen LogP contribution in [-0.4, -0.2) is 47.2 Å². The number of fused-ring (bicyclic) bond motifs is 1. The number of phenols is 1. The molecule has 2 heterocycles. The summed E-state index contributed by atoms with van der Waals surface area (Å²) in [6.07, 6.45) is 4.22. The molecule has 2 aliphatic rings. The molecular formula is C28H32ClNO6. The number of carbonyl (C=O) groups is 2. The Morgan fingerprint density at radius 2 is 1.89 bits per heavy atom. The molecule has 0 saturated carbocycles. The van der Waals surface area contributed by atoms with Crippen molar-refractivity contribution in [3.8, 4) is 11.5 Å². The molecule has 0 aromatic heterocycles. The third-order valence-corrected chi connectivity index (χ3v) is 7.61. The number of phenolic OH excluding ortho intramolecular Hbond substituents is 1. The van der Waals surface area contributed by atoms with Gasteiger partial charge in [0.05, 0.1) is 12.7 Å². The number of cyclic esters (lactones) is 1. The van der Waals surface area contributed by atoms with E-state index >= 15 is 0 Å². The summed E-state index contributed by atoms with van der Waals surface area (Å²) in [4.78, 5) is 26.7. The van der Waals surface area contributed by atoms with Crippen LogP contribution in [0.15, 0.2) is 35.9 Å². The molecular weight excluding hydrogens is 482 g/mol. The number of nitrogens with zero attached hydrogens (tertiary/aromatic N) is 1. The highest BCUT2D eigenvalue weighted by molar-refractivity contribution is 6.30. The Bertz CT molecular complexity index is 1200. The fourth-order valence-electron chi connectivity index (χ4n) is 5.04. The van der Waals surface area contributed by atoms with Crippen molar-refractivity contribution in [2.45, 2.75) is 58.2 Å². The summed E-state index contributed by atoms with van der Waals surface area (Å²) < 4.78 is 10.6. The molecule has 0 bridgehead atoms. The third kappa shape index (κ3) is 5.08. The van der Waals surface area contributed by atoms with Crippen molar-refractivity contribution in [3.05, 3.63) is 68.8 Å². The Kier molecular flexibility index (Phi) is 7.62. The maximum absolute atomic E-state index is 12.8. The predicted octanol–water partition coefficient (Wildman–Crippen LogP) is 4.81. The Morgan fingerprint density at radius 3 is 2.53 bits per heavy atom. The molecule has 192 valence electrons. The molecule has 2 aromatic rings. The van der Waals surface area contributed by atoms with Gasteiger partial charge in [-0.15, -0.1) is 0 Å². The summed E-state index contributed by atoms with van der Waals surface area (Å²) in [7, 11) is 1.54. The van der Waals surface area contributed by atoms with Crippen molar-refractivity contribution in [2.24, 2.45) is 0 Å². The van der Waals surface area contributed by atoms with Crippen LogP contribution in [0.3, 0.4) is 0 Å². The number of esters is 1. The van der Waals surface area contributed by atoms with E-state index in [4.69, 9.17) is 21.1 Å². The maximum atomic E-state index is 12.8. The van der Waals surface area contributed by atoms with E-state index in [1.54, 1.807) is 12.1 Å². The minimum Gasteiger partial charge on any atom is -0.507 e. The molecule has 0 spiro atoms. The number of hydrogen-bond acceptors (Lipinski definition) is 6. The van der Waals surface area contributed by atoms with Gasteiger partial charge in [-0.25, -0.2) is 4.79 Å². The van der Waals surface area contributed by atoms with Crippen molar-refractivity contribution >= 4 is 23.5 Å². The monoisotopic (exact) mass is 513 g/mol. The zero-order chi connectivity index (χ0) is 26.0. The largest absolute Gasteiger partial charge is 0.507 e. The minimum absolute atomic E-state index is 0.0532. The highest BCUT2D eigenvalue weighted by atomic mass is 35.5. The normalized spacial score (nSPS) is 17.1. The Balaban J connectivity index is 1.35. The summed E-state index contributed by atoms with van der Waals surface area (Å²) in [6.45, 7) is 4.92. The van der Waals surface area contributed by atoms with Crippen LogP contribution in [0.25, 0.3) is 0 Å². The molecule has 1 amide bonds. The molecule has 2 N–H and O–H groups in total. The van der Waals surface area contributed by atoms with Gasteiger partial charge < -0.3 is 24.6 Å². The average molecular weight is 514 g/mol. The molecule has 0 unspecified atom stereocenters. The van der Waals surface area contributed by atoms with E-state index < -0.39 is 11.6 Å². The molecule has 0 radical (unpaired) electrons. The number of aliphatic hydroxyl groups is 1. The van der Waals surface area contributed by atoms with Gasteiger partial charge in [0.25, 0.3) is 0 Å². The molecule has 8 heteroatoms. The number of benzene rings is 2. The van der Waals surface area contributed by atoms with E-state index in [0.29, 0.717) is 67.1 Å². The lowest BCUT2D eigenvalue weighted by atomic mass is 9.84. The summed E-state index contributed by atoms with van der Waals surface area (Å²) >= 11 is 5.96. The van der Waals surface area contributed by atoms with Crippen molar-refractivity contribution < 1.29 is 29.3 Å². The van der Waals surface area contributed by atoms with E-state index in [-0.39, 0.29) is 23.8 Å². The first-order chi connectivity index (χ1) is 17.1. The first-order valence-electron chi connectivity index (χ1n) is 12.1. The second-order valence-corrected chi connectivity index (χ2v) is 10.0. The molecule has 36 heavy (non-hydrogen) atoms. The van der Waals surface area contributed by atoms with Gasteiger partial charge in [-0.3, -0.25) is 4.79 Å². The van der Waals surface area contributed by atoms with Gasteiger partial charge in [0.1, 0.15) is 23.7 Å². The molecule has 4 rings (SSSR count). The van der Waals surface area contributed by atoms with Crippen LogP contribution in [0, 0.1) is 6.92 Å². The Hall–Kier alpha value is -3.03. The molecule has 7 nitrogen and oxygen atoms in total. The fourth-order valence-corrected chi connectivity index (χ4v) is 5.17. The van der Waals surface area contributed by atoms with Crippen molar-refractivity contribution in [1.82, 2.24) is 4.90 Å². The zero-order valence-corrected chi connectivity index (χ0v) is 21.7. The first-order valence-corrected chi connectivity index (χ1v) is 12.5. The lowest BCUT2D eigenvalue weighted by molar-refractivity contribution is -0.135. The number of methoxy groups -OCH3 is 1. The van der Waals surface area contributed by atoms with Gasteiger partial charge in [0.2, 0.25) is 5.91 Å². The van der Waals surface area contributed by atoms with E-state index in [9.17, 15) is 19.8 Å². The molecule has 1 fully saturated rings. The van der Waals surface area contributed by atoms with Crippen LogP contribution in [0.1, 0.15) is 65.2 Å². The number of aromatic hydroxyl groups is 1. The van der Waals surface area contributed by atoms with Crippen molar-refractivity contribution in [1.29, 1.82) is 0 Å². The topological polar surface area (TPSA) is 96.3 Å². The Morgan fingerprint density at radius 1 is 1.22 bits per heavy atom. The average Bonchev–Trinajstić information content (AvgIpc) is 3.26. The van der Waals surface area contributed by atoms with E-state index in [1.807, 2.05) is 37.0 Å². The number of amides is 1. The molecule has 1 saturated heterocycles. The summed E-state index contributed by atoms with van der Waals surface area (Å²) in [5.41, 5.74) is 3.08. The lowest BCUT2D eigenvalue weighted by Gasteiger charge is -2.38. The fraction of sp³-hybridized carbons (Fsp3) is 0.429. The highest BCUT2D eigenvalue weighted by Crippen LogP contribution is 2.42. The second-order valence-electron chi connectivity index (χ2n) is 9.59. The molecule has 2 aromatic carbocycles. The summed E-state index contributed by atoms with van der Waals surface area (Å²) in [5, 5.41) is 22.4. The quantitative estimate of drug-likeness (QED) is 0.407. The van der Waals surface area contributed by atoms with Crippen LogP contribution in [0.2, 0.25) is 5.02 Å². The van der Waals surface area contributed by atoms with Crippen LogP contribution in [0.4, 0.5) is 0 Å². The van der Waals surface area contributed by atoms with Crippen LogP contribution < -0.4 is 4.74 Å². The number of piperidine rings is 1. The number of allylic oxidation sites excluding steroid dienone is 2.